The molecule has 152 valence electrons. The largest absolute Gasteiger partial charge is 0.507 e. The number of piperidine rings is 1. The van der Waals surface area contributed by atoms with Gasteiger partial charge in [0.2, 0.25) is 5.78 Å². The van der Waals surface area contributed by atoms with Crippen molar-refractivity contribution in [2.45, 2.75) is 39.7 Å². The van der Waals surface area contributed by atoms with E-state index in [0.717, 1.165) is 37.1 Å². The lowest BCUT2D eigenvalue weighted by Crippen LogP contribution is -2.29. The lowest BCUT2D eigenvalue weighted by Gasteiger charge is -2.27. The van der Waals surface area contributed by atoms with Crippen LogP contribution in [0.25, 0.3) is 6.08 Å². The molecule has 29 heavy (non-hydrogen) atoms. The first-order chi connectivity index (χ1) is 14.1. The van der Waals surface area contributed by atoms with Crippen molar-refractivity contribution in [1.82, 2.24) is 4.90 Å². The fraction of sp³-hybridized carbons (Fsp3) is 0.375. The normalized spacial score (nSPS) is 18.0. The van der Waals surface area contributed by atoms with E-state index >= 15 is 0 Å². The van der Waals surface area contributed by atoms with Crippen LogP contribution >= 0.6 is 0 Å². The topological polar surface area (TPSA) is 59.0 Å². The van der Waals surface area contributed by atoms with Crippen molar-refractivity contribution < 1.29 is 19.4 Å². The molecule has 2 aliphatic heterocycles. The van der Waals surface area contributed by atoms with Crippen LogP contribution in [0.4, 0.5) is 0 Å². The standard InChI is InChI=1S/C24H27NO4/c1-3-28-20-10-6-5-9-17(20)14-21-23(27)22-16(2)13-19(26)18(24(22)29-21)15-25-11-7-4-8-12-25/h5-6,9-10,13-14,26H,3-4,7-8,11-12,15H2,1-2H3/b21-14-. The van der Waals surface area contributed by atoms with Crippen LogP contribution in [0.1, 0.15) is 53.2 Å². The number of ketones is 1. The van der Waals surface area contributed by atoms with Crippen LogP contribution in [0, 0.1) is 6.92 Å². The average Bonchev–Trinajstić information content (AvgIpc) is 3.04. The smallest absolute Gasteiger partial charge is 0.232 e. The summed E-state index contributed by atoms with van der Waals surface area (Å²) in [4.78, 5) is 15.4. The van der Waals surface area contributed by atoms with Crippen molar-refractivity contribution in [3.63, 3.8) is 0 Å². The van der Waals surface area contributed by atoms with E-state index in [-0.39, 0.29) is 17.3 Å². The molecule has 4 rings (SSSR count). The molecular formula is C24H27NO4. The second-order valence-electron chi connectivity index (χ2n) is 7.64. The Labute approximate surface area is 171 Å². The number of phenols is 1. The van der Waals surface area contributed by atoms with Crippen molar-refractivity contribution in [3.05, 3.63) is 58.3 Å². The van der Waals surface area contributed by atoms with Gasteiger partial charge in [0.05, 0.1) is 17.7 Å². The average molecular weight is 393 g/mol. The number of nitrogens with zero attached hydrogens (tertiary/aromatic N) is 1. The summed E-state index contributed by atoms with van der Waals surface area (Å²) in [5.74, 6) is 1.52. The summed E-state index contributed by atoms with van der Waals surface area (Å²) in [5, 5.41) is 10.6. The third-order valence-electron chi connectivity index (χ3n) is 5.56. The number of ether oxygens (including phenoxy) is 2. The molecular weight excluding hydrogens is 366 g/mol. The Balaban J connectivity index is 1.70. The number of carbonyl (C=O) groups excluding carboxylic acids is 1. The minimum atomic E-state index is -0.149. The van der Waals surface area contributed by atoms with Gasteiger partial charge < -0.3 is 14.6 Å². The Morgan fingerprint density at radius 2 is 1.97 bits per heavy atom. The van der Waals surface area contributed by atoms with Gasteiger partial charge in [-0.25, -0.2) is 0 Å². The molecule has 0 aromatic heterocycles. The van der Waals surface area contributed by atoms with Crippen LogP contribution in [-0.4, -0.2) is 35.5 Å². The number of hydrogen-bond acceptors (Lipinski definition) is 5. The predicted octanol–water partition coefficient (Wildman–Crippen LogP) is 4.70. The van der Waals surface area contributed by atoms with Gasteiger partial charge in [0.1, 0.15) is 17.2 Å². The molecule has 0 aliphatic carbocycles. The molecule has 2 heterocycles. The fourth-order valence-electron chi connectivity index (χ4n) is 4.10. The van der Waals surface area contributed by atoms with Gasteiger partial charge in [-0.15, -0.1) is 0 Å². The number of benzene rings is 2. The van der Waals surface area contributed by atoms with E-state index in [1.807, 2.05) is 38.1 Å². The van der Waals surface area contributed by atoms with Gasteiger partial charge in [0.25, 0.3) is 0 Å². The van der Waals surface area contributed by atoms with E-state index in [0.29, 0.717) is 35.8 Å². The van der Waals surface area contributed by atoms with Crippen LogP contribution in [0.2, 0.25) is 0 Å². The predicted molar refractivity (Wildman–Crippen MR) is 113 cm³/mol. The molecule has 1 fully saturated rings. The number of allylic oxidation sites excluding steroid dienone is 1. The van der Waals surface area contributed by atoms with Crippen molar-refractivity contribution in [2.75, 3.05) is 19.7 Å². The Hall–Kier alpha value is -2.79. The number of hydrogen-bond donors (Lipinski definition) is 1. The zero-order valence-corrected chi connectivity index (χ0v) is 17.0. The minimum Gasteiger partial charge on any atom is -0.507 e. The zero-order chi connectivity index (χ0) is 20.4. The van der Waals surface area contributed by atoms with Crippen LogP contribution in [-0.2, 0) is 6.54 Å². The van der Waals surface area contributed by atoms with Gasteiger partial charge in [0.15, 0.2) is 5.76 Å². The van der Waals surface area contributed by atoms with Gasteiger partial charge in [-0.3, -0.25) is 9.69 Å². The number of phenolic OH excluding ortho intramolecular Hbond substituents is 1. The van der Waals surface area contributed by atoms with Gasteiger partial charge in [-0.1, -0.05) is 24.6 Å². The molecule has 2 aliphatic rings. The first kappa shape index (κ1) is 19.5. The summed E-state index contributed by atoms with van der Waals surface area (Å²) in [6.45, 7) is 6.89. The summed E-state index contributed by atoms with van der Waals surface area (Å²) in [7, 11) is 0. The van der Waals surface area contributed by atoms with Gasteiger partial charge >= 0.3 is 0 Å². The molecule has 0 unspecified atom stereocenters. The number of fused-ring (bicyclic) bond motifs is 1. The summed E-state index contributed by atoms with van der Waals surface area (Å²) in [6.07, 6.45) is 5.30. The molecule has 1 N–H and O–H groups in total. The van der Waals surface area contributed by atoms with Crippen LogP contribution in [0.15, 0.2) is 36.1 Å². The van der Waals surface area contributed by atoms with Crippen LogP contribution in [0.3, 0.4) is 0 Å². The van der Waals surface area contributed by atoms with E-state index in [1.54, 1.807) is 12.1 Å². The second-order valence-corrected chi connectivity index (χ2v) is 7.64. The highest BCUT2D eigenvalue weighted by Gasteiger charge is 2.34. The molecule has 5 heteroatoms. The third kappa shape index (κ3) is 3.87. The van der Waals surface area contributed by atoms with Crippen molar-refractivity contribution in [2.24, 2.45) is 0 Å². The molecule has 2 aromatic rings. The SMILES string of the molecule is CCOc1ccccc1/C=C1\Oc2c(CN3CCCCC3)c(O)cc(C)c2C1=O. The Bertz CT molecular complexity index is 958. The van der Waals surface area contributed by atoms with Gasteiger partial charge in [-0.2, -0.15) is 0 Å². The van der Waals surface area contributed by atoms with Crippen LogP contribution < -0.4 is 9.47 Å². The number of rotatable bonds is 5. The lowest BCUT2D eigenvalue weighted by atomic mass is 9.98. The summed E-state index contributed by atoms with van der Waals surface area (Å²) in [6, 6.07) is 9.26. The molecule has 0 spiro atoms. The molecule has 0 radical (unpaired) electrons. The number of para-hydroxylation sites is 1. The number of carbonyl (C=O) groups is 1. The van der Waals surface area contributed by atoms with Gasteiger partial charge in [-0.05, 0) is 63.6 Å². The number of aryl methyl sites for hydroxylation is 1. The monoisotopic (exact) mass is 393 g/mol. The molecule has 5 nitrogen and oxygen atoms in total. The molecule has 0 atom stereocenters. The molecule has 0 bridgehead atoms. The van der Waals surface area contributed by atoms with E-state index < -0.39 is 0 Å². The summed E-state index contributed by atoms with van der Waals surface area (Å²) < 4.78 is 11.7. The Morgan fingerprint density at radius 1 is 1.21 bits per heavy atom. The number of likely N-dealkylation sites (tertiary alicyclic amines) is 1. The maximum atomic E-state index is 13.1. The molecule has 1 saturated heterocycles. The van der Waals surface area contributed by atoms with E-state index in [9.17, 15) is 9.90 Å². The highest BCUT2D eigenvalue weighted by molar-refractivity contribution is 6.16. The summed E-state index contributed by atoms with van der Waals surface area (Å²) >= 11 is 0. The first-order valence-electron chi connectivity index (χ1n) is 10.3. The lowest BCUT2D eigenvalue weighted by molar-refractivity contribution is 0.101. The Kier molecular flexibility index (Phi) is 5.58. The number of Topliss-reactive ketones (excluding diaryl/α,β-unsaturated/α-hetero) is 1. The van der Waals surface area contributed by atoms with Crippen LogP contribution in [0.5, 0.6) is 17.2 Å². The van der Waals surface area contributed by atoms with E-state index in [2.05, 4.69) is 4.90 Å². The maximum Gasteiger partial charge on any atom is 0.232 e. The zero-order valence-electron chi connectivity index (χ0n) is 17.0. The summed E-state index contributed by atoms with van der Waals surface area (Å²) in [5.41, 5.74) is 2.77. The molecule has 2 aromatic carbocycles. The highest BCUT2D eigenvalue weighted by atomic mass is 16.5. The molecule has 0 amide bonds. The van der Waals surface area contributed by atoms with E-state index in [1.165, 1.54) is 6.42 Å². The quantitative estimate of drug-likeness (QED) is 0.746. The van der Waals surface area contributed by atoms with E-state index in [4.69, 9.17) is 9.47 Å². The highest BCUT2D eigenvalue weighted by Crippen LogP contribution is 2.42. The van der Waals surface area contributed by atoms with Crippen molar-refractivity contribution >= 4 is 11.9 Å². The Morgan fingerprint density at radius 3 is 2.72 bits per heavy atom. The van der Waals surface area contributed by atoms with Gasteiger partial charge in [0, 0.05) is 12.1 Å². The van der Waals surface area contributed by atoms with Crippen molar-refractivity contribution in [3.8, 4) is 17.2 Å². The molecule has 0 saturated carbocycles. The minimum absolute atomic E-state index is 0.149. The first-order valence-corrected chi connectivity index (χ1v) is 10.3. The second kappa shape index (κ2) is 8.29. The maximum absolute atomic E-state index is 13.1. The third-order valence-corrected chi connectivity index (χ3v) is 5.56. The number of aromatic hydroxyl groups is 1. The van der Waals surface area contributed by atoms with Crippen molar-refractivity contribution in [1.29, 1.82) is 0 Å². The fourth-order valence-corrected chi connectivity index (χ4v) is 4.10.